The molecule has 30 heavy (non-hydrogen) atoms. The third-order valence-corrected chi connectivity index (χ3v) is 5.12. The standard InChI is InChI=1S/C25H32N4O/c1-4-14-30-24-15-21(7-6-19(24)3)17-28-25-18-29(13-12-27-25)23(16-26)22-10-8-20(5-2)9-11-22/h6-13,15-16H,4-5,14,17-18,26H2,1-3H3,(H,27,28)/b23-16-. The van der Waals surface area contributed by atoms with Gasteiger partial charge in [0.25, 0.3) is 0 Å². The van der Waals surface area contributed by atoms with Gasteiger partial charge in [0.2, 0.25) is 0 Å². The molecule has 3 N–H and O–H groups in total. The van der Waals surface area contributed by atoms with E-state index in [2.05, 4.69) is 73.5 Å². The van der Waals surface area contributed by atoms with Crippen molar-refractivity contribution in [3.63, 3.8) is 0 Å². The van der Waals surface area contributed by atoms with Crippen LogP contribution in [-0.4, -0.2) is 23.9 Å². The quantitative estimate of drug-likeness (QED) is 0.676. The van der Waals surface area contributed by atoms with Crippen molar-refractivity contribution in [3.8, 4) is 5.75 Å². The summed E-state index contributed by atoms with van der Waals surface area (Å²) in [5.74, 6) is 1.84. The summed E-state index contributed by atoms with van der Waals surface area (Å²) in [6.45, 7) is 8.30. The Balaban J connectivity index is 1.70. The van der Waals surface area contributed by atoms with Gasteiger partial charge >= 0.3 is 0 Å². The highest BCUT2D eigenvalue weighted by Crippen LogP contribution is 2.22. The van der Waals surface area contributed by atoms with E-state index in [0.29, 0.717) is 13.1 Å². The summed E-state index contributed by atoms with van der Waals surface area (Å²) in [7, 11) is 0. The van der Waals surface area contributed by atoms with E-state index in [9.17, 15) is 0 Å². The SMILES string of the molecule is CCCOc1cc(CN=C2CN(/C(=C\N)c3ccc(CC)cc3)C=CN2)ccc1C. The Bertz CT molecular complexity index is 929. The number of ether oxygens (including phenoxy) is 1. The third kappa shape index (κ3) is 5.44. The minimum atomic E-state index is 0.597. The zero-order chi connectivity index (χ0) is 21.3. The number of amidine groups is 1. The molecule has 5 heteroatoms. The normalized spacial score (nSPS) is 15.4. The van der Waals surface area contributed by atoms with Crippen molar-refractivity contribution < 1.29 is 4.74 Å². The fourth-order valence-corrected chi connectivity index (χ4v) is 3.31. The van der Waals surface area contributed by atoms with Gasteiger partial charge in [0.1, 0.15) is 11.6 Å². The Morgan fingerprint density at radius 1 is 1.17 bits per heavy atom. The van der Waals surface area contributed by atoms with Crippen LogP contribution in [0.15, 0.2) is 66.1 Å². The highest BCUT2D eigenvalue weighted by Gasteiger charge is 2.15. The summed E-state index contributed by atoms with van der Waals surface area (Å²) in [6, 6.07) is 14.8. The van der Waals surface area contributed by atoms with Crippen molar-refractivity contribution in [1.82, 2.24) is 10.2 Å². The highest BCUT2D eigenvalue weighted by atomic mass is 16.5. The molecule has 0 aromatic heterocycles. The van der Waals surface area contributed by atoms with E-state index in [0.717, 1.165) is 53.4 Å². The van der Waals surface area contributed by atoms with Gasteiger partial charge in [-0.05, 0) is 48.1 Å². The average molecular weight is 405 g/mol. The van der Waals surface area contributed by atoms with Crippen molar-refractivity contribution in [2.45, 2.75) is 40.2 Å². The molecule has 0 amide bonds. The van der Waals surface area contributed by atoms with Crippen LogP contribution in [-0.2, 0) is 13.0 Å². The van der Waals surface area contributed by atoms with Crippen molar-refractivity contribution in [1.29, 1.82) is 0 Å². The zero-order valence-corrected chi connectivity index (χ0v) is 18.2. The van der Waals surface area contributed by atoms with Gasteiger partial charge in [0, 0.05) is 18.6 Å². The average Bonchev–Trinajstić information content (AvgIpc) is 2.79. The lowest BCUT2D eigenvalue weighted by molar-refractivity contribution is 0.315. The zero-order valence-electron chi connectivity index (χ0n) is 18.2. The van der Waals surface area contributed by atoms with Gasteiger partial charge in [0.05, 0.1) is 25.4 Å². The van der Waals surface area contributed by atoms with E-state index < -0.39 is 0 Å². The Morgan fingerprint density at radius 2 is 1.93 bits per heavy atom. The largest absolute Gasteiger partial charge is 0.493 e. The lowest BCUT2D eigenvalue weighted by atomic mass is 10.1. The van der Waals surface area contributed by atoms with Gasteiger partial charge in [-0.25, -0.2) is 0 Å². The molecular formula is C25H32N4O. The van der Waals surface area contributed by atoms with Crippen LogP contribution in [0.1, 0.15) is 42.5 Å². The molecule has 2 aromatic rings. The Labute approximate surface area is 180 Å². The van der Waals surface area contributed by atoms with Crippen LogP contribution < -0.4 is 15.8 Å². The maximum Gasteiger partial charge on any atom is 0.122 e. The smallest absolute Gasteiger partial charge is 0.122 e. The van der Waals surface area contributed by atoms with Crippen molar-refractivity contribution >= 4 is 11.5 Å². The van der Waals surface area contributed by atoms with Crippen LogP contribution in [0.2, 0.25) is 0 Å². The molecule has 0 bridgehead atoms. The first-order valence-electron chi connectivity index (χ1n) is 10.6. The first-order chi connectivity index (χ1) is 14.6. The first kappa shape index (κ1) is 21.5. The van der Waals surface area contributed by atoms with Crippen LogP contribution in [0.4, 0.5) is 0 Å². The minimum absolute atomic E-state index is 0.597. The van der Waals surface area contributed by atoms with Crippen molar-refractivity contribution in [3.05, 3.63) is 83.3 Å². The molecule has 0 aliphatic carbocycles. The number of nitrogens with zero attached hydrogens (tertiary/aromatic N) is 2. The van der Waals surface area contributed by atoms with Gasteiger partial charge in [-0.15, -0.1) is 0 Å². The molecule has 0 unspecified atom stereocenters. The Morgan fingerprint density at radius 3 is 2.63 bits per heavy atom. The van der Waals surface area contributed by atoms with Gasteiger partial charge in [0.15, 0.2) is 0 Å². The maximum absolute atomic E-state index is 5.98. The van der Waals surface area contributed by atoms with E-state index in [1.54, 1.807) is 6.20 Å². The second kappa shape index (κ2) is 10.5. The monoisotopic (exact) mass is 404 g/mol. The number of benzene rings is 2. The minimum Gasteiger partial charge on any atom is -0.493 e. The Hall–Kier alpha value is -3.21. The molecule has 3 rings (SSSR count). The molecule has 1 aliphatic rings. The van der Waals surface area contributed by atoms with Crippen molar-refractivity contribution in [2.75, 3.05) is 13.2 Å². The molecule has 0 saturated heterocycles. The summed E-state index contributed by atoms with van der Waals surface area (Å²) in [5.41, 5.74) is 11.6. The molecule has 0 atom stereocenters. The van der Waals surface area contributed by atoms with E-state index in [4.69, 9.17) is 15.5 Å². The number of aryl methyl sites for hydroxylation is 2. The van der Waals surface area contributed by atoms with Crippen LogP contribution in [0.25, 0.3) is 5.70 Å². The van der Waals surface area contributed by atoms with Gasteiger partial charge < -0.3 is 20.7 Å². The molecular weight excluding hydrogens is 372 g/mol. The number of nitrogens with two attached hydrogens (primary N) is 1. The predicted molar refractivity (Wildman–Crippen MR) is 125 cm³/mol. The van der Waals surface area contributed by atoms with E-state index in [1.165, 1.54) is 5.56 Å². The first-order valence-corrected chi connectivity index (χ1v) is 10.6. The molecule has 2 aromatic carbocycles. The summed E-state index contributed by atoms with van der Waals surface area (Å²) >= 11 is 0. The second-order valence-corrected chi connectivity index (χ2v) is 7.40. The molecule has 0 spiro atoms. The van der Waals surface area contributed by atoms with Crippen LogP contribution in [0.3, 0.4) is 0 Å². The predicted octanol–water partition coefficient (Wildman–Crippen LogP) is 4.58. The van der Waals surface area contributed by atoms with Gasteiger partial charge in [-0.3, -0.25) is 4.99 Å². The number of aliphatic imine (C=N–C) groups is 1. The van der Waals surface area contributed by atoms with Gasteiger partial charge in [-0.1, -0.05) is 50.2 Å². The van der Waals surface area contributed by atoms with Gasteiger partial charge in [-0.2, -0.15) is 0 Å². The summed E-state index contributed by atoms with van der Waals surface area (Å²) < 4.78 is 5.84. The molecule has 0 fully saturated rings. The summed E-state index contributed by atoms with van der Waals surface area (Å²) in [6.07, 6.45) is 7.57. The number of rotatable bonds is 8. The topological polar surface area (TPSA) is 62.9 Å². The number of hydrogen-bond donors (Lipinski definition) is 2. The molecule has 1 aliphatic heterocycles. The van der Waals surface area contributed by atoms with Crippen LogP contribution >= 0.6 is 0 Å². The number of nitrogens with one attached hydrogen (secondary N) is 1. The van der Waals surface area contributed by atoms with E-state index in [1.807, 2.05) is 12.4 Å². The maximum atomic E-state index is 5.98. The molecule has 1 heterocycles. The molecule has 0 radical (unpaired) electrons. The van der Waals surface area contributed by atoms with E-state index in [-0.39, 0.29) is 0 Å². The Kier molecular flexibility index (Phi) is 7.55. The fraction of sp³-hybridized carbons (Fsp3) is 0.320. The van der Waals surface area contributed by atoms with Crippen LogP contribution in [0.5, 0.6) is 5.75 Å². The molecule has 0 saturated carbocycles. The molecule has 5 nitrogen and oxygen atoms in total. The second-order valence-electron chi connectivity index (χ2n) is 7.40. The van der Waals surface area contributed by atoms with Crippen molar-refractivity contribution in [2.24, 2.45) is 10.7 Å². The fourth-order valence-electron chi connectivity index (χ4n) is 3.31. The highest BCUT2D eigenvalue weighted by molar-refractivity contribution is 5.87. The summed E-state index contributed by atoms with van der Waals surface area (Å²) in [5, 5.41) is 3.26. The summed E-state index contributed by atoms with van der Waals surface area (Å²) in [4.78, 5) is 6.89. The lowest BCUT2D eigenvalue weighted by Crippen LogP contribution is -2.36. The van der Waals surface area contributed by atoms with E-state index >= 15 is 0 Å². The lowest BCUT2D eigenvalue weighted by Gasteiger charge is -2.27. The number of hydrogen-bond acceptors (Lipinski definition) is 4. The third-order valence-electron chi connectivity index (χ3n) is 5.12. The molecule has 158 valence electrons. The van der Waals surface area contributed by atoms with Crippen LogP contribution in [0, 0.1) is 6.92 Å².